The van der Waals surface area contributed by atoms with Crippen molar-refractivity contribution in [2.45, 2.75) is 42.9 Å². The molecule has 0 aromatic carbocycles. The molecule has 2 aliphatic rings. The molecular formula is C9H17ClN2OS. The third-order valence-corrected chi connectivity index (χ3v) is 4.56. The average molecular weight is 237 g/mol. The molecular weight excluding hydrogens is 220 g/mol. The predicted octanol–water partition coefficient (Wildman–Crippen LogP) is 1.21. The van der Waals surface area contributed by atoms with Gasteiger partial charge in [0.2, 0.25) is 5.91 Å². The van der Waals surface area contributed by atoms with Crippen molar-refractivity contribution in [2.24, 2.45) is 5.73 Å². The smallest absolute Gasteiger partial charge is 0.241 e. The summed E-state index contributed by atoms with van der Waals surface area (Å²) in [4.78, 5) is 13.8. The quantitative estimate of drug-likeness (QED) is 0.688. The van der Waals surface area contributed by atoms with Crippen LogP contribution in [0.3, 0.4) is 0 Å². The molecule has 0 saturated carbocycles. The summed E-state index contributed by atoms with van der Waals surface area (Å²) >= 11 is 1.85. The van der Waals surface area contributed by atoms with E-state index in [1.807, 2.05) is 16.7 Å². The van der Waals surface area contributed by atoms with Gasteiger partial charge in [-0.15, -0.1) is 24.2 Å². The summed E-state index contributed by atoms with van der Waals surface area (Å²) < 4.78 is -0.0947. The number of rotatable bonds is 0. The minimum Gasteiger partial charge on any atom is -0.329 e. The van der Waals surface area contributed by atoms with Crippen molar-refractivity contribution in [1.29, 1.82) is 0 Å². The Kier molecular flexibility index (Phi) is 3.39. The summed E-state index contributed by atoms with van der Waals surface area (Å²) in [5.41, 5.74) is 5.90. The molecule has 0 aliphatic carbocycles. The first kappa shape index (κ1) is 12.1. The van der Waals surface area contributed by atoms with Crippen LogP contribution in [-0.2, 0) is 4.79 Å². The van der Waals surface area contributed by atoms with Gasteiger partial charge in [-0.1, -0.05) is 0 Å². The molecule has 14 heavy (non-hydrogen) atoms. The molecule has 0 spiro atoms. The summed E-state index contributed by atoms with van der Waals surface area (Å²) in [5.74, 6) is 0.145. The lowest BCUT2D eigenvalue weighted by Gasteiger charge is -2.42. The lowest BCUT2D eigenvalue weighted by molar-refractivity contribution is -0.133. The normalized spacial score (nSPS) is 35.1. The number of nitrogens with two attached hydrogens (primary N) is 1. The molecule has 1 amide bonds. The van der Waals surface area contributed by atoms with Crippen molar-refractivity contribution in [3.8, 4) is 0 Å². The zero-order valence-corrected chi connectivity index (χ0v) is 10.2. The van der Waals surface area contributed by atoms with Crippen molar-refractivity contribution in [1.82, 2.24) is 4.90 Å². The topological polar surface area (TPSA) is 46.3 Å². The number of thioether (sulfide) groups is 1. The molecule has 0 aromatic heterocycles. The van der Waals surface area contributed by atoms with E-state index >= 15 is 0 Å². The highest BCUT2D eigenvalue weighted by Gasteiger charge is 2.46. The SMILES string of the molecule is CC1(C)S[C@H]2CCCN2C(=O)[C@H]1N.Cl. The van der Waals surface area contributed by atoms with Gasteiger partial charge in [0, 0.05) is 11.3 Å². The number of nitrogens with zero attached hydrogens (tertiary/aromatic N) is 1. The highest BCUT2D eigenvalue weighted by atomic mass is 35.5. The molecule has 0 bridgehead atoms. The summed E-state index contributed by atoms with van der Waals surface area (Å²) in [6.45, 7) is 5.03. The summed E-state index contributed by atoms with van der Waals surface area (Å²) in [5, 5.41) is 0.391. The first-order valence-electron chi connectivity index (χ1n) is 4.76. The van der Waals surface area contributed by atoms with Crippen LogP contribution in [0.1, 0.15) is 26.7 Å². The van der Waals surface area contributed by atoms with Gasteiger partial charge in [-0.2, -0.15) is 0 Å². The Bertz CT molecular complexity index is 243. The zero-order chi connectivity index (χ0) is 9.64. The molecule has 5 heteroatoms. The van der Waals surface area contributed by atoms with Crippen LogP contribution in [0, 0.1) is 0 Å². The molecule has 2 saturated heterocycles. The van der Waals surface area contributed by atoms with Gasteiger partial charge in [0.15, 0.2) is 0 Å². The van der Waals surface area contributed by atoms with E-state index in [9.17, 15) is 4.79 Å². The minimum atomic E-state index is -0.327. The van der Waals surface area contributed by atoms with Crippen LogP contribution in [0.4, 0.5) is 0 Å². The van der Waals surface area contributed by atoms with Crippen LogP contribution < -0.4 is 5.73 Å². The fraction of sp³-hybridized carbons (Fsp3) is 0.889. The Balaban J connectivity index is 0.000000980. The van der Waals surface area contributed by atoms with Crippen LogP contribution in [-0.4, -0.2) is 33.5 Å². The second-order valence-electron chi connectivity index (χ2n) is 4.33. The third-order valence-electron chi connectivity index (χ3n) is 2.94. The van der Waals surface area contributed by atoms with Gasteiger partial charge in [0.25, 0.3) is 0 Å². The summed E-state index contributed by atoms with van der Waals surface area (Å²) in [6.07, 6.45) is 2.26. The van der Waals surface area contributed by atoms with E-state index in [-0.39, 0.29) is 29.1 Å². The third kappa shape index (κ3) is 1.75. The van der Waals surface area contributed by atoms with Gasteiger partial charge in [0.1, 0.15) is 0 Å². The fourth-order valence-electron chi connectivity index (χ4n) is 2.01. The van der Waals surface area contributed by atoms with Gasteiger partial charge in [-0.25, -0.2) is 0 Å². The van der Waals surface area contributed by atoms with Crippen molar-refractivity contribution in [3.63, 3.8) is 0 Å². The van der Waals surface area contributed by atoms with Gasteiger partial charge in [-0.05, 0) is 26.7 Å². The maximum Gasteiger partial charge on any atom is 0.241 e. The van der Waals surface area contributed by atoms with Crippen molar-refractivity contribution < 1.29 is 4.79 Å². The number of hydrogen-bond acceptors (Lipinski definition) is 3. The molecule has 2 atom stereocenters. The van der Waals surface area contributed by atoms with E-state index < -0.39 is 0 Å². The molecule has 2 heterocycles. The Morgan fingerprint density at radius 3 is 2.86 bits per heavy atom. The number of fused-ring (bicyclic) bond motifs is 1. The van der Waals surface area contributed by atoms with E-state index in [0.717, 1.165) is 19.4 Å². The molecule has 0 unspecified atom stereocenters. The number of hydrogen-bond donors (Lipinski definition) is 1. The first-order valence-corrected chi connectivity index (χ1v) is 5.64. The van der Waals surface area contributed by atoms with E-state index in [2.05, 4.69) is 13.8 Å². The molecule has 2 fully saturated rings. The van der Waals surface area contributed by atoms with Gasteiger partial charge < -0.3 is 10.6 Å². The summed E-state index contributed by atoms with van der Waals surface area (Å²) in [7, 11) is 0. The van der Waals surface area contributed by atoms with Crippen LogP contribution >= 0.6 is 24.2 Å². The van der Waals surface area contributed by atoms with E-state index in [1.54, 1.807) is 0 Å². The van der Waals surface area contributed by atoms with E-state index in [1.165, 1.54) is 0 Å². The van der Waals surface area contributed by atoms with Crippen LogP contribution in [0.2, 0.25) is 0 Å². The lowest BCUT2D eigenvalue weighted by Crippen LogP contribution is -2.59. The van der Waals surface area contributed by atoms with Crippen molar-refractivity contribution in [2.75, 3.05) is 6.54 Å². The maximum absolute atomic E-state index is 11.8. The lowest BCUT2D eigenvalue weighted by atomic mass is 10.0. The average Bonchev–Trinajstić information content (AvgIpc) is 2.47. The number of carbonyl (C=O) groups is 1. The largest absolute Gasteiger partial charge is 0.329 e. The van der Waals surface area contributed by atoms with Gasteiger partial charge in [-0.3, -0.25) is 4.79 Å². The maximum atomic E-state index is 11.8. The first-order chi connectivity index (χ1) is 6.02. The summed E-state index contributed by atoms with van der Waals surface area (Å²) in [6, 6.07) is -0.327. The van der Waals surface area contributed by atoms with Crippen LogP contribution in [0.5, 0.6) is 0 Å². The molecule has 2 N–H and O–H groups in total. The molecule has 82 valence electrons. The predicted molar refractivity (Wildman–Crippen MR) is 61.6 cm³/mol. The number of carbonyl (C=O) groups excluding carboxylic acids is 1. The Morgan fingerprint density at radius 1 is 1.57 bits per heavy atom. The molecule has 3 nitrogen and oxygen atoms in total. The Hall–Kier alpha value is 0.0700. The monoisotopic (exact) mass is 236 g/mol. The molecule has 2 aliphatic heterocycles. The van der Waals surface area contributed by atoms with Crippen molar-refractivity contribution >= 4 is 30.1 Å². The highest BCUT2D eigenvalue weighted by Crippen LogP contribution is 2.42. The van der Waals surface area contributed by atoms with Crippen molar-refractivity contribution in [3.05, 3.63) is 0 Å². The zero-order valence-electron chi connectivity index (χ0n) is 8.53. The molecule has 2 rings (SSSR count). The second kappa shape index (κ2) is 3.91. The van der Waals surface area contributed by atoms with E-state index in [4.69, 9.17) is 5.73 Å². The second-order valence-corrected chi connectivity index (χ2v) is 6.16. The van der Waals surface area contributed by atoms with E-state index in [0.29, 0.717) is 5.37 Å². The molecule has 0 aromatic rings. The Morgan fingerprint density at radius 2 is 2.21 bits per heavy atom. The number of amides is 1. The van der Waals surface area contributed by atoms with Gasteiger partial charge in [0.05, 0.1) is 11.4 Å². The Labute approximate surface area is 95.2 Å². The van der Waals surface area contributed by atoms with Crippen LogP contribution in [0.25, 0.3) is 0 Å². The minimum absolute atomic E-state index is 0. The van der Waals surface area contributed by atoms with Crippen LogP contribution in [0.15, 0.2) is 0 Å². The standard InChI is InChI=1S/C9H16N2OS.ClH/c1-9(2)7(10)8(12)11-5-3-4-6(11)13-9;/h6-7H,3-5,10H2,1-2H3;1H/t6-,7+;/m0./s1. The van der Waals surface area contributed by atoms with Gasteiger partial charge >= 0.3 is 0 Å². The number of halogens is 1. The fourth-order valence-corrected chi connectivity index (χ4v) is 3.58. The highest BCUT2D eigenvalue weighted by molar-refractivity contribution is 8.01. The molecule has 0 radical (unpaired) electrons.